The van der Waals surface area contributed by atoms with Crippen LogP contribution >= 0.6 is 11.6 Å². The van der Waals surface area contributed by atoms with Crippen LogP contribution in [0.3, 0.4) is 0 Å². The van der Waals surface area contributed by atoms with Crippen LogP contribution in [0, 0.1) is 0 Å². The number of benzene rings is 1. The summed E-state index contributed by atoms with van der Waals surface area (Å²) in [6, 6.07) is 7.90. The first kappa shape index (κ1) is 15.4. The lowest BCUT2D eigenvalue weighted by Crippen LogP contribution is -2.37. The maximum absolute atomic E-state index is 5.97. The van der Waals surface area contributed by atoms with Crippen molar-refractivity contribution in [2.45, 2.75) is 13.0 Å². The molecule has 5 nitrogen and oxygen atoms in total. The van der Waals surface area contributed by atoms with E-state index in [-0.39, 0.29) is 0 Å². The summed E-state index contributed by atoms with van der Waals surface area (Å²) in [7, 11) is 3.67. The Kier molecular flexibility index (Phi) is 5.63. The molecule has 112 valence electrons. The van der Waals surface area contributed by atoms with E-state index in [4.69, 9.17) is 11.6 Å². The van der Waals surface area contributed by atoms with Gasteiger partial charge in [0.15, 0.2) is 5.96 Å². The standard InChI is InChI=1S/C15H20ClN5/c1-17-15(19-9-13-10-20-21(2)11-13)18-7-6-12-4-3-5-14(16)8-12/h3-5,8,10-11H,6-7,9H2,1-2H3,(H2,17,18,19). The normalized spacial score (nSPS) is 11.5. The average Bonchev–Trinajstić information content (AvgIpc) is 2.88. The largest absolute Gasteiger partial charge is 0.356 e. The van der Waals surface area contributed by atoms with E-state index in [0.717, 1.165) is 29.5 Å². The van der Waals surface area contributed by atoms with Gasteiger partial charge in [-0.15, -0.1) is 0 Å². The van der Waals surface area contributed by atoms with Gasteiger partial charge in [-0.1, -0.05) is 23.7 Å². The Morgan fingerprint density at radius 3 is 2.86 bits per heavy atom. The summed E-state index contributed by atoms with van der Waals surface area (Å²) in [6.45, 7) is 1.50. The Bertz CT molecular complexity index is 606. The second kappa shape index (κ2) is 7.69. The fourth-order valence-electron chi connectivity index (χ4n) is 1.99. The molecule has 2 aromatic rings. The third kappa shape index (κ3) is 5.11. The first-order valence-corrected chi connectivity index (χ1v) is 7.21. The van der Waals surface area contributed by atoms with Crippen LogP contribution < -0.4 is 10.6 Å². The number of aliphatic imine (C=N–C) groups is 1. The van der Waals surface area contributed by atoms with Crippen LogP contribution in [0.4, 0.5) is 0 Å². The molecule has 1 aromatic heterocycles. The fourth-order valence-corrected chi connectivity index (χ4v) is 2.20. The Balaban J connectivity index is 1.75. The number of nitrogens with one attached hydrogen (secondary N) is 2. The van der Waals surface area contributed by atoms with E-state index in [1.54, 1.807) is 11.7 Å². The highest BCUT2D eigenvalue weighted by atomic mass is 35.5. The maximum atomic E-state index is 5.97. The van der Waals surface area contributed by atoms with Crippen molar-refractivity contribution >= 4 is 17.6 Å². The molecule has 0 spiro atoms. The summed E-state index contributed by atoms with van der Waals surface area (Å²) < 4.78 is 1.78. The molecule has 2 rings (SSSR count). The average molecular weight is 306 g/mol. The summed E-state index contributed by atoms with van der Waals surface area (Å²) in [5, 5.41) is 11.4. The monoisotopic (exact) mass is 305 g/mol. The molecule has 0 bridgehead atoms. The predicted octanol–water partition coefficient (Wildman–Crippen LogP) is 1.98. The smallest absolute Gasteiger partial charge is 0.191 e. The Labute approximate surface area is 130 Å². The summed E-state index contributed by atoms with van der Waals surface area (Å²) in [5.41, 5.74) is 2.33. The predicted molar refractivity (Wildman–Crippen MR) is 86.6 cm³/mol. The molecule has 0 atom stereocenters. The van der Waals surface area contributed by atoms with E-state index >= 15 is 0 Å². The number of halogens is 1. The highest BCUT2D eigenvalue weighted by Gasteiger charge is 2.00. The van der Waals surface area contributed by atoms with Crippen LogP contribution in [-0.4, -0.2) is 29.3 Å². The first-order valence-electron chi connectivity index (χ1n) is 6.84. The van der Waals surface area contributed by atoms with Gasteiger partial charge in [0, 0.05) is 44.0 Å². The van der Waals surface area contributed by atoms with Crippen molar-refractivity contribution in [3.05, 3.63) is 52.8 Å². The quantitative estimate of drug-likeness (QED) is 0.656. The molecular formula is C15H20ClN5. The topological polar surface area (TPSA) is 54.2 Å². The minimum atomic E-state index is 0.699. The van der Waals surface area contributed by atoms with Crippen LogP contribution in [-0.2, 0) is 20.0 Å². The fraction of sp³-hybridized carbons (Fsp3) is 0.333. The van der Waals surface area contributed by atoms with Crippen LogP contribution in [0.2, 0.25) is 5.02 Å². The summed E-state index contributed by atoms with van der Waals surface area (Å²) in [6.07, 6.45) is 4.71. The van der Waals surface area contributed by atoms with Gasteiger partial charge in [-0.05, 0) is 24.1 Å². The van der Waals surface area contributed by atoms with Gasteiger partial charge in [-0.25, -0.2) is 0 Å². The van der Waals surface area contributed by atoms with Gasteiger partial charge in [0.25, 0.3) is 0 Å². The van der Waals surface area contributed by atoms with Gasteiger partial charge >= 0.3 is 0 Å². The molecule has 0 fully saturated rings. The van der Waals surface area contributed by atoms with Gasteiger partial charge in [-0.2, -0.15) is 5.10 Å². The van der Waals surface area contributed by atoms with Crippen molar-refractivity contribution in [1.82, 2.24) is 20.4 Å². The second-order valence-corrected chi connectivity index (χ2v) is 5.19. The molecule has 0 aliphatic carbocycles. The summed E-state index contributed by atoms with van der Waals surface area (Å²) in [4.78, 5) is 4.20. The Hall–Kier alpha value is -2.01. The molecule has 21 heavy (non-hydrogen) atoms. The van der Waals surface area contributed by atoms with E-state index in [1.165, 1.54) is 5.56 Å². The molecule has 1 heterocycles. The second-order valence-electron chi connectivity index (χ2n) is 4.75. The summed E-state index contributed by atoms with van der Waals surface area (Å²) >= 11 is 5.97. The van der Waals surface area contributed by atoms with Crippen LogP contribution in [0.25, 0.3) is 0 Å². The third-order valence-corrected chi connectivity index (χ3v) is 3.27. The van der Waals surface area contributed by atoms with Crippen LogP contribution in [0.1, 0.15) is 11.1 Å². The number of hydrogen-bond donors (Lipinski definition) is 2. The minimum absolute atomic E-state index is 0.699. The lowest BCUT2D eigenvalue weighted by molar-refractivity contribution is 0.764. The van der Waals surface area contributed by atoms with Crippen molar-refractivity contribution in [2.75, 3.05) is 13.6 Å². The van der Waals surface area contributed by atoms with E-state index in [0.29, 0.717) is 6.54 Å². The minimum Gasteiger partial charge on any atom is -0.356 e. The number of nitrogens with zero attached hydrogens (tertiary/aromatic N) is 3. The zero-order valence-corrected chi connectivity index (χ0v) is 13.1. The highest BCUT2D eigenvalue weighted by molar-refractivity contribution is 6.30. The lowest BCUT2D eigenvalue weighted by Gasteiger charge is -2.11. The van der Waals surface area contributed by atoms with Gasteiger partial charge in [-0.3, -0.25) is 9.67 Å². The number of aryl methyl sites for hydroxylation is 1. The number of rotatable bonds is 5. The van der Waals surface area contributed by atoms with Crippen molar-refractivity contribution in [1.29, 1.82) is 0 Å². The number of guanidine groups is 1. The van der Waals surface area contributed by atoms with Crippen LogP contribution in [0.5, 0.6) is 0 Å². The molecule has 0 unspecified atom stereocenters. The van der Waals surface area contributed by atoms with Crippen molar-refractivity contribution in [2.24, 2.45) is 12.0 Å². The first-order chi connectivity index (χ1) is 10.2. The zero-order chi connectivity index (χ0) is 15.1. The number of hydrogen-bond acceptors (Lipinski definition) is 2. The summed E-state index contributed by atoms with van der Waals surface area (Å²) in [5.74, 6) is 0.779. The van der Waals surface area contributed by atoms with Gasteiger partial charge in [0.05, 0.1) is 6.20 Å². The van der Waals surface area contributed by atoms with E-state index in [2.05, 4.69) is 26.8 Å². The molecule has 6 heteroatoms. The molecule has 2 N–H and O–H groups in total. The van der Waals surface area contributed by atoms with Crippen molar-refractivity contribution in [3.8, 4) is 0 Å². The lowest BCUT2D eigenvalue weighted by atomic mass is 10.1. The third-order valence-electron chi connectivity index (χ3n) is 3.04. The van der Waals surface area contributed by atoms with Gasteiger partial charge < -0.3 is 10.6 Å². The Morgan fingerprint density at radius 2 is 2.19 bits per heavy atom. The molecule has 0 aliphatic rings. The highest BCUT2D eigenvalue weighted by Crippen LogP contribution is 2.10. The molecule has 0 saturated heterocycles. The SMILES string of the molecule is CN=C(NCCc1cccc(Cl)c1)NCc1cnn(C)c1. The molecule has 0 aliphatic heterocycles. The van der Waals surface area contributed by atoms with Gasteiger partial charge in [0.1, 0.15) is 0 Å². The molecule has 0 amide bonds. The van der Waals surface area contributed by atoms with Crippen molar-refractivity contribution < 1.29 is 0 Å². The van der Waals surface area contributed by atoms with Gasteiger partial charge in [0.2, 0.25) is 0 Å². The molecule has 0 saturated carbocycles. The van der Waals surface area contributed by atoms with E-state index < -0.39 is 0 Å². The molecule has 1 aromatic carbocycles. The van der Waals surface area contributed by atoms with E-state index in [1.807, 2.05) is 37.6 Å². The zero-order valence-electron chi connectivity index (χ0n) is 12.3. The molecular weight excluding hydrogens is 286 g/mol. The van der Waals surface area contributed by atoms with Crippen LogP contribution in [0.15, 0.2) is 41.7 Å². The Morgan fingerprint density at radius 1 is 1.33 bits per heavy atom. The van der Waals surface area contributed by atoms with E-state index in [9.17, 15) is 0 Å². The maximum Gasteiger partial charge on any atom is 0.191 e. The number of aromatic nitrogens is 2. The molecule has 0 radical (unpaired) electrons. The van der Waals surface area contributed by atoms with Crippen molar-refractivity contribution in [3.63, 3.8) is 0 Å².